The Morgan fingerprint density at radius 1 is 1.40 bits per heavy atom. The van der Waals surface area contributed by atoms with Gasteiger partial charge in [-0.2, -0.15) is 0 Å². The predicted molar refractivity (Wildman–Crippen MR) is 74.2 cm³/mol. The lowest BCUT2D eigenvalue weighted by molar-refractivity contribution is 0.183. The number of pyridine rings is 1. The molecule has 0 aliphatic rings. The third-order valence-corrected chi connectivity index (χ3v) is 2.92. The second-order valence-corrected chi connectivity index (χ2v) is 4.75. The minimum Gasteiger partial charge on any atom is -0.393 e. The van der Waals surface area contributed by atoms with Crippen LogP contribution in [-0.2, 0) is 0 Å². The van der Waals surface area contributed by atoms with E-state index in [0.29, 0.717) is 18.8 Å². The van der Waals surface area contributed by atoms with E-state index in [9.17, 15) is 4.79 Å². The lowest BCUT2D eigenvalue weighted by atomic mass is 10.3. The molecule has 0 spiro atoms. The van der Waals surface area contributed by atoms with Crippen molar-refractivity contribution in [3.8, 4) is 0 Å². The number of carbonyl (C=O) groups excluding carboxylic acids is 1. The Morgan fingerprint density at radius 2 is 2.20 bits per heavy atom. The Morgan fingerprint density at radius 3 is 2.95 bits per heavy atom. The molecular formula is C13H19N5O2. The van der Waals surface area contributed by atoms with Crippen LogP contribution in [0.1, 0.15) is 32.1 Å². The first-order valence-corrected chi connectivity index (χ1v) is 6.60. The summed E-state index contributed by atoms with van der Waals surface area (Å²) >= 11 is 0. The summed E-state index contributed by atoms with van der Waals surface area (Å²) in [5.41, 5.74) is 0.741. The van der Waals surface area contributed by atoms with Crippen molar-refractivity contribution in [3.63, 3.8) is 0 Å². The maximum atomic E-state index is 11.7. The second kappa shape index (κ2) is 6.33. The molecule has 7 nitrogen and oxygen atoms in total. The molecule has 2 unspecified atom stereocenters. The minimum absolute atomic E-state index is 0.265. The van der Waals surface area contributed by atoms with Crippen LogP contribution in [0.4, 0.5) is 4.79 Å². The van der Waals surface area contributed by atoms with Crippen LogP contribution in [0.2, 0.25) is 0 Å². The summed E-state index contributed by atoms with van der Waals surface area (Å²) in [5, 5.41) is 22.7. The van der Waals surface area contributed by atoms with E-state index in [2.05, 4.69) is 20.8 Å². The number of aromatic nitrogens is 3. The number of carbonyl (C=O) groups is 1. The van der Waals surface area contributed by atoms with Crippen LogP contribution >= 0.6 is 0 Å². The van der Waals surface area contributed by atoms with Crippen LogP contribution in [0.15, 0.2) is 24.4 Å². The van der Waals surface area contributed by atoms with Crippen LogP contribution in [-0.4, -0.2) is 38.4 Å². The van der Waals surface area contributed by atoms with Crippen molar-refractivity contribution >= 4 is 11.7 Å². The summed E-state index contributed by atoms with van der Waals surface area (Å²) in [6, 6.07) is 5.07. The van der Waals surface area contributed by atoms with Gasteiger partial charge in [0.15, 0.2) is 11.5 Å². The average molecular weight is 277 g/mol. The monoisotopic (exact) mass is 277 g/mol. The van der Waals surface area contributed by atoms with Crippen molar-refractivity contribution in [1.29, 1.82) is 0 Å². The topological polar surface area (TPSA) is 91.5 Å². The van der Waals surface area contributed by atoms with Gasteiger partial charge in [-0.3, -0.25) is 4.40 Å². The summed E-state index contributed by atoms with van der Waals surface area (Å²) in [6.45, 7) is 3.96. The maximum Gasteiger partial charge on any atom is 0.315 e. The van der Waals surface area contributed by atoms with Gasteiger partial charge in [-0.15, -0.1) is 10.2 Å². The Labute approximate surface area is 117 Å². The van der Waals surface area contributed by atoms with Gasteiger partial charge in [0.1, 0.15) is 0 Å². The van der Waals surface area contributed by atoms with E-state index in [1.54, 1.807) is 6.92 Å². The highest BCUT2D eigenvalue weighted by atomic mass is 16.3. The minimum atomic E-state index is -0.423. The highest BCUT2D eigenvalue weighted by Gasteiger charge is 2.15. The summed E-state index contributed by atoms with van der Waals surface area (Å²) in [7, 11) is 0. The molecule has 0 radical (unpaired) electrons. The largest absolute Gasteiger partial charge is 0.393 e. The smallest absolute Gasteiger partial charge is 0.315 e. The molecule has 0 saturated carbocycles. The number of hydrogen-bond donors (Lipinski definition) is 3. The fraction of sp³-hybridized carbons (Fsp3) is 0.462. The first kappa shape index (κ1) is 14.3. The van der Waals surface area contributed by atoms with Crippen molar-refractivity contribution in [2.45, 2.75) is 32.4 Å². The average Bonchev–Trinajstić information content (AvgIpc) is 2.82. The number of aliphatic hydroxyl groups excluding tert-OH is 1. The molecule has 0 saturated heterocycles. The van der Waals surface area contributed by atoms with E-state index in [4.69, 9.17) is 5.11 Å². The predicted octanol–water partition coefficient (Wildman–Crippen LogP) is 0.860. The van der Waals surface area contributed by atoms with Gasteiger partial charge in [0.25, 0.3) is 0 Å². The lowest BCUT2D eigenvalue weighted by Gasteiger charge is -2.13. The Hall–Kier alpha value is -2.15. The van der Waals surface area contributed by atoms with Crippen LogP contribution in [0, 0.1) is 0 Å². The third-order valence-electron chi connectivity index (χ3n) is 2.92. The first-order chi connectivity index (χ1) is 9.58. The van der Waals surface area contributed by atoms with E-state index < -0.39 is 6.10 Å². The second-order valence-electron chi connectivity index (χ2n) is 4.75. The van der Waals surface area contributed by atoms with E-state index in [-0.39, 0.29) is 12.1 Å². The number of fused-ring (bicyclic) bond motifs is 1. The fourth-order valence-electron chi connectivity index (χ4n) is 1.86. The zero-order valence-electron chi connectivity index (χ0n) is 11.6. The van der Waals surface area contributed by atoms with E-state index in [0.717, 1.165) is 5.65 Å². The number of amides is 2. The van der Waals surface area contributed by atoms with Crippen LogP contribution < -0.4 is 10.6 Å². The van der Waals surface area contributed by atoms with Gasteiger partial charge in [-0.1, -0.05) is 6.07 Å². The normalized spacial score (nSPS) is 13.9. The molecule has 2 atom stereocenters. The van der Waals surface area contributed by atoms with Gasteiger partial charge in [0.05, 0.1) is 12.1 Å². The van der Waals surface area contributed by atoms with E-state index in [1.165, 1.54) is 0 Å². The first-order valence-electron chi connectivity index (χ1n) is 6.60. The van der Waals surface area contributed by atoms with Crippen molar-refractivity contribution in [3.05, 3.63) is 30.2 Å². The molecule has 0 aromatic carbocycles. The number of rotatable bonds is 5. The molecule has 20 heavy (non-hydrogen) atoms. The number of nitrogens with zero attached hydrogens (tertiary/aromatic N) is 3. The maximum absolute atomic E-state index is 11.7. The van der Waals surface area contributed by atoms with Gasteiger partial charge < -0.3 is 15.7 Å². The van der Waals surface area contributed by atoms with Gasteiger partial charge in [-0.25, -0.2) is 4.79 Å². The highest BCUT2D eigenvalue weighted by molar-refractivity contribution is 5.74. The molecular weight excluding hydrogens is 258 g/mol. The van der Waals surface area contributed by atoms with E-state index in [1.807, 2.05) is 35.7 Å². The Kier molecular flexibility index (Phi) is 4.52. The molecule has 0 aliphatic heterocycles. The van der Waals surface area contributed by atoms with Gasteiger partial charge in [0, 0.05) is 12.7 Å². The molecule has 2 rings (SSSR count). The molecule has 0 fully saturated rings. The lowest BCUT2D eigenvalue weighted by Crippen LogP contribution is -2.38. The van der Waals surface area contributed by atoms with Crippen LogP contribution in [0.5, 0.6) is 0 Å². The quantitative estimate of drug-likeness (QED) is 0.756. The summed E-state index contributed by atoms with van der Waals surface area (Å²) in [4.78, 5) is 11.7. The van der Waals surface area contributed by atoms with Gasteiger partial charge >= 0.3 is 6.03 Å². The zero-order chi connectivity index (χ0) is 14.5. The zero-order valence-corrected chi connectivity index (χ0v) is 11.6. The van der Waals surface area contributed by atoms with Crippen molar-refractivity contribution in [1.82, 2.24) is 25.2 Å². The molecule has 2 aromatic rings. The van der Waals surface area contributed by atoms with Crippen LogP contribution in [0.25, 0.3) is 5.65 Å². The number of aliphatic hydroxyl groups is 1. The summed E-state index contributed by atoms with van der Waals surface area (Å²) < 4.78 is 1.83. The van der Waals surface area contributed by atoms with Gasteiger partial charge in [0.2, 0.25) is 0 Å². The SMILES string of the molecule is CC(O)CCNC(=O)NC(C)c1nnc2ccccn12. The van der Waals surface area contributed by atoms with Crippen molar-refractivity contribution in [2.75, 3.05) is 6.54 Å². The number of hydrogen-bond acceptors (Lipinski definition) is 4. The van der Waals surface area contributed by atoms with Gasteiger partial charge in [-0.05, 0) is 32.4 Å². The fourth-order valence-corrected chi connectivity index (χ4v) is 1.86. The molecule has 3 N–H and O–H groups in total. The molecule has 0 bridgehead atoms. The van der Waals surface area contributed by atoms with Crippen LogP contribution in [0.3, 0.4) is 0 Å². The Balaban J connectivity index is 1.94. The number of urea groups is 1. The number of nitrogens with one attached hydrogen (secondary N) is 2. The molecule has 108 valence electrons. The molecule has 2 heterocycles. The summed E-state index contributed by atoms with van der Waals surface area (Å²) in [6.07, 6.45) is 1.96. The molecule has 0 aliphatic carbocycles. The molecule has 7 heteroatoms. The van der Waals surface area contributed by atoms with Crippen molar-refractivity contribution < 1.29 is 9.90 Å². The molecule has 2 aromatic heterocycles. The summed E-state index contributed by atoms with van der Waals surface area (Å²) in [5.74, 6) is 0.672. The standard InChI is InChI=1S/C13H19N5O2/c1-9(19)6-7-14-13(20)15-10(2)12-17-16-11-5-3-4-8-18(11)12/h3-5,8-10,19H,6-7H2,1-2H3,(H2,14,15,20). The Bertz CT molecular complexity index is 581. The molecule has 2 amide bonds. The van der Waals surface area contributed by atoms with Crippen molar-refractivity contribution in [2.24, 2.45) is 0 Å². The third kappa shape index (κ3) is 3.45. The highest BCUT2D eigenvalue weighted by Crippen LogP contribution is 2.11. The van der Waals surface area contributed by atoms with E-state index >= 15 is 0 Å².